The average molecular weight is 642 g/mol. The van der Waals surface area contributed by atoms with Gasteiger partial charge in [0.15, 0.2) is 6.04 Å². The van der Waals surface area contributed by atoms with Crippen molar-refractivity contribution in [2.45, 2.75) is 57.8 Å². The van der Waals surface area contributed by atoms with Gasteiger partial charge < -0.3 is 15.4 Å². The predicted molar refractivity (Wildman–Crippen MR) is 163 cm³/mol. The SMILES string of the molecule is C=C=CCC1CCc2cc(-c3cnn(C)c3)ccc2[C@H]1C(=O)N(CC(=O)N1Cc2sc(C)c(C)c2OC[C@@H]1C(F)(F)F)C(N)=O. The fraction of sp³-hybridized carbons (Fsp3) is 0.406. The van der Waals surface area contributed by atoms with Gasteiger partial charge in [-0.3, -0.25) is 19.2 Å². The molecular weight excluding hydrogens is 607 g/mol. The normalized spacial score (nSPS) is 19.4. The molecule has 0 saturated heterocycles. The number of nitrogens with two attached hydrogens (primary N) is 1. The molecule has 2 aliphatic rings. The first-order valence-electron chi connectivity index (χ1n) is 14.4. The van der Waals surface area contributed by atoms with Crippen LogP contribution in [0.3, 0.4) is 0 Å². The monoisotopic (exact) mass is 641 g/mol. The molecule has 238 valence electrons. The lowest BCUT2D eigenvalue weighted by atomic mass is 9.72. The maximum atomic E-state index is 14.2. The van der Waals surface area contributed by atoms with E-state index in [0.717, 1.165) is 21.6 Å². The van der Waals surface area contributed by atoms with Crippen LogP contribution >= 0.6 is 11.3 Å². The van der Waals surface area contributed by atoms with Gasteiger partial charge in [-0.25, -0.2) is 4.79 Å². The molecule has 9 nitrogen and oxygen atoms in total. The number of fused-ring (bicyclic) bond motifs is 2. The molecule has 2 N–H and O–H groups in total. The van der Waals surface area contributed by atoms with Gasteiger partial charge in [0.2, 0.25) is 11.8 Å². The molecule has 3 heterocycles. The molecule has 0 radical (unpaired) electrons. The Labute approximate surface area is 262 Å². The number of halogens is 3. The molecule has 0 spiro atoms. The molecule has 3 atom stereocenters. The number of primary amides is 1. The van der Waals surface area contributed by atoms with Crippen LogP contribution in [0.15, 0.2) is 49.0 Å². The first kappa shape index (κ1) is 32.1. The van der Waals surface area contributed by atoms with Gasteiger partial charge in [-0.05, 0) is 61.8 Å². The maximum Gasteiger partial charge on any atom is 0.412 e. The third-order valence-electron chi connectivity index (χ3n) is 8.60. The molecule has 45 heavy (non-hydrogen) atoms. The summed E-state index contributed by atoms with van der Waals surface area (Å²) in [5.41, 5.74) is 12.4. The topological polar surface area (TPSA) is 111 Å². The van der Waals surface area contributed by atoms with E-state index in [9.17, 15) is 27.6 Å². The van der Waals surface area contributed by atoms with E-state index in [1.54, 1.807) is 23.9 Å². The van der Waals surface area contributed by atoms with Gasteiger partial charge in [-0.1, -0.05) is 24.8 Å². The second-order valence-electron chi connectivity index (χ2n) is 11.4. The average Bonchev–Trinajstić information content (AvgIpc) is 3.46. The lowest BCUT2D eigenvalue weighted by Gasteiger charge is -2.36. The maximum absolute atomic E-state index is 14.2. The standard InChI is InChI=1S/C32H34F3N5O4S/c1-5-6-7-20-8-9-22-12-21(23-13-37-38(4)14-23)10-11-24(22)28(20)30(42)40(31(36)43)16-27(41)39-15-25-29(18(2)19(3)45-25)44-17-26(39)32(33,34)35/h6,10-14,20,26,28H,1,7-9,15-17H2,2-4H3,(H2,36,43)/t20?,26-,28+/m1/s1. The van der Waals surface area contributed by atoms with E-state index < -0.39 is 49.1 Å². The number of hydrogen-bond donors (Lipinski definition) is 1. The van der Waals surface area contributed by atoms with Crippen molar-refractivity contribution in [1.29, 1.82) is 0 Å². The lowest BCUT2D eigenvalue weighted by molar-refractivity contribution is -0.195. The second-order valence-corrected chi connectivity index (χ2v) is 12.7. The van der Waals surface area contributed by atoms with E-state index in [0.29, 0.717) is 50.8 Å². The molecule has 1 aromatic carbocycles. The van der Waals surface area contributed by atoms with Crippen molar-refractivity contribution in [3.63, 3.8) is 0 Å². The smallest absolute Gasteiger partial charge is 0.412 e. The van der Waals surface area contributed by atoms with Crippen molar-refractivity contribution < 1.29 is 32.3 Å². The molecule has 0 saturated carbocycles. The molecule has 4 amide bonds. The first-order valence-corrected chi connectivity index (χ1v) is 15.3. The summed E-state index contributed by atoms with van der Waals surface area (Å²) in [6.45, 7) is 5.04. The summed E-state index contributed by atoms with van der Waals surface area (Å²) in [6, 6.07) is 2.15. The molecule has 1 unspecified atom stereocenters. The second kappa shape index (κ2) is 12.6. The first-order chi connectivity index (χ1) is 21.3. The van der Waals surface area contributed by atoms with Crippen LogP contribution in [0.2, 0.25) is 0 Å². The molecular formula is C32H34F3N5O4S. The largest absolute Gasteiger partial charge is 0.490 e. The number of carbonyl (C=O) groups excluding carboxylic acids is 3. The van der Waals surface area contributed by atoms with Crippen LogP contribution in [0, 0.1) is 19.8 Å². The Kier molecular flexibility index (Phi) is 8.95. The van der Waals surface area contributed by atoms with Crippen LogP contribution in [-0.2, 0) is 29.6 Å². The number of thiophene rings is 1. The molecule has 3 aromatic rings. The minimum atomic E-state index is -4.81. The van der Waals surface area contributed by atoms with Crippen LogP contribution in [0.5, 0.6) is 5.75 Å². The van der Waals surface area contributed by atoms with Gasteiger partial charge in [0.25, 0.3) is 0 Å². The van der Waals surface area contributed by atoms with Crippen molar-refractivity contribution in [1.82, 2.24) is 19.6 Å². The summed E-state index contributed by atoms with van der Waals surface area (Å²) in [4.78, 5) is 43.1. The summed E-state index contributed by atoms with van der Waals surface area (Å²) in [6.07, 6.45) is 2.14. The number of aromatic nitrogens is 2. The van der Waals surface area contributed by atoms with E-state index in [1.807, 2.05) is 38.4 Å². The number of amides is 4. The Morgan fingerprint density at radius 2 is 2.02 bits per heavy atom. The Hall–Kier alpha value is -4.35. The minimum absolute atomic E-state index is 0.283. The number of hydrogen-bond acceptors (Lipinski definition) is 6. The highest BCUT2D eigenvalue weighted by molar-refractivity contribution is 7.12. The highest BCUT2D eigenvalue weighted by Crippen LogP contribution is 2.42. The molecule has 2 aromatic heterocycles. The van der Waals surface area contributed by atoms with Gasteiger partial charge in [-0.2, -0.15) is 18.3 Å². The molecule has 1 aliphatic carbocycles. The van der Waals surface area contributed by atoms with Crippen molar-refractivity contribution in [2.75, 3.05) is 13.2 Å². The van der Waals surface area contributed by atoms with Crippen molar-refractivity contribution in [3.8, 4) is 16.9 Å². The van der Waals surface area contributed by atoms with Crippen LogP contribution in [-0.4, -0.2) is 62.8 Å². The summed E-state index contributed by atoms with van der Waals surface area (Å²) in [7, 11) is 1.81. The molecule has 13 heteroatoms. The van der Waals surface area contributed by atoms with Crippen LogP contribution in [0.1, 0.15) is 45.2 Å². The van der Waals surface area contributed by atoms with Gasteiger partial charge in [0.1, 0.15) is 18.9 Å². The van der Waals surface area contributed by atoms with Crippen LogP contribution < -0.4 is 10.5 Å². The molecule has 0 fully saturated rings. The quantitative estimate of drug-likeness (QED) is 0.363. The summed E-state index contributed by atoms with van der Waals surface area (Å²) >= 11 is 1.24. The third-order valence-corrected chi connectivity index (χ3v) is 9.77. The van der Waals surface area contributed by atoms with Crippen LogP contribution in [0.4, 0.5) is 18.0 Å². The Bertz CT molecular complexity index is 1690. The Morgan fingerprint density at radius 1 is 1.27 bits per heavy atom. The number of benzene rings is 1. The van der Waals surface area contributed by atoms with Crippen molar-refractivity contribution in [2.24, 2.45) is 18.7 Å². The van der Waals surface area contributed by atoms with Gasteiger partial charge in [-0.15, -0.1) is 17.1 Å². The van der Waals surface area contributed by atoms with Crippen molar-refractivity contribution in [3.05, 3.63) is 75.4 Å². The number of ether oxygens (including phenoxy) is 1. The number of carbonyl (C=O) groups is 3. The number of rotatable bonds is 6. The number of urea groups is 1. The molecule has 5 rings (SSSR count). The van der Waals surface area contributed by atoms with E-state index in [2.05, 4.69) is 17.4 Å². The number of aryl methyl sites for hydroxylation is 3. The Morgan fingerprint density at radius 3 is 2.67 bits per heavy atom. The van der Waals surface area contributed by atoms with E-state index >= 15 is 0 Å². The molecule has 1 aliphatic heterocycles. The highest BCUT2D eigenvalue weighted by Gasteiger charge is 2.49. The van der Waals surface area contributed by atoms with Gasteiger partial charge in [0, 0.05) is 29.2 Å². The fourth-order valence-electron chi connectivity index (χ4n) is 6.14. The highest BCUT2D eigenvalue weighted by atomic mass is 32.1. The van der Waals surface area contributed by atoms with E-state index in [-0.39, 0.29) is 12.5 Å². The van der Waals surface area contributed by atoms with E-state index in [4.69, 9.17) is 10.5 Å². The van der Waals surface area contributed by atoms with Gasteiger partial charge in [0.05, 0.1) is 23.5 Å². The zero-order valence-electron chi connectivity index (χ0n) is 25.2. The summed E-state index contributed by atoms with van der Waals surface area (Å²) < 4.78 is 49.9. The minimum Gasteiger partial charge on any atom is -0.490 e. The summed E-state index contributed by atoms with van der Waals surface area (Å²) in [5.74, 6) is -2.63. The number of allylic oxidation sites excluding steroid dienone is 1. The van der Waals surface area contributed by atoms with Crippen molar-refractivity contribution >= 4 is 29.2 Å². The lowest BCUT2D eigenvalue weighted by Crippen LogP contribution is -2.55. The zero-order chi connectivity index (χ0) is 32.6. The number of alkyl halides is 3. The summed E-state index contributed by atoms with van der Waals surface area (Å²) in [5, 5.41) is 4.22. The number of imide groups is 1. The predicted octanol–water partition coefficient (Wildman–Crippen LogP) is 5.40. The zero-order valence-corrected chi connectivity index (χ0v) is 26.0. The number of nitrogens with zero attached hydrogens (tertiary/aromatic N) is 4. The Balaban J connectivity index is 1.48. The molecule has 0 bridgehead atoms. The van der Waals surface area contributed by atoms with E-state index in [1.165, 1.54) is 11.3 Å². The van der Waals surface area contributed by atoms with Gasteiger partial charge >= 0.3 is 12.2 Å². The third kappa shape index (κ3) is 6.41. The van der Waals surface area contributed by atoms with Crippen LogP contribution in [0.25, 0.3) is 11.1 Å². The fourth-order valence-corrected chi connectivity index (χ4v) is 7.26.